The summed E-state index contributed by atoms with van der Waals surface area (Å²) in [6.45, 7) is 5.41. The standard InChI is InChI=1S/C8H13NO/c1-7-4-3-5-9(6-7)8(2)10/h3-4,7H,5-6H2,1-2H3. The summed E-state index contributed by atoms with van der Waals surface area (Å²) in [6.07, 6.45) is 4.20. The van der Waals surface area contributed by atoms with Crippen molar-refractivity contribution < 1.29 is 4.79 Å². The first-order valence-electron chi connectivity index (χ1n) is 3.62. The van der Waals surface area contributed by atoms with Crippen LogP contribution in [-0.4, -0.2) is 23.9 Å². The van der Waals surface area contributed by atoms with Crippen LogP contribution >= 0.6 is 0 Å². The Hall–Kier alpha value is -0.790. The molecule has 0 radical (unpaired) electrons. The molecule has 2 nitrogen and oxygen atoms in total. The van der Waals surface area contributed by atoms with Crippen LogP contribution in [0.2, 0.25) is 0 Å². The van der Waals surface area contributed by atoms with E-state index >= 15 is 0 Å². The highest BCUT2D eigenvalue weighted by Crippen LogP contribution is 2.07. The molecule has 0 saturated carbocycles. The van der Waals surface area contributed by atoms with Crippen molar-refractivity contribution in [3.8, 4) is 0 Å². The number of carbonyl (C=O) groups excluding carboxylic acids is 1. The van der Waals surface area contributed by atoms with Crippen LogP contribution in [0.15, 0.2) is 12.2 Å². The molecule has 2 heteroatoms. The Morgan fingerprint density at radius 3 is 2.80 bits per heavy atom. The fourth-order valence-electron chi connectivity index (χ4n) is 1.16. The number of hydrogen-bond acceptors (Lipinski definition) is 1. The predicted octanol–water partition coefficient (Wildman–Crippen LogP) is 1.04. The van der Waals surface area contributed by atoms with Crippen LogP contribution in [0.1, 0.15) is 13.8 Å². The normalized spacial score (nSPS) is 25.0. The van der Waals surface area contributed by atoms with Crippen molar-refractivity contribution in [3.63, 3.8) is 0 Å². The molecular weight excluding hydrogens is 126 g/mol. The Balaban J connectivity index is 2.52. The molecule has 0 saturated heterocycles. The second-order valence-corrected chi connectivity index (χ2v) is 2.83. The van der Waals surface area contributed by atoms with Crippen LogP contribution in [0.3, 0.4) is 0 Å². The van der Waals surface area contributed by atoms with E-state index < -0.39 is 0 Å². The van der Waals surface area contributed by atoms with Crippen LogP contribution < -0.4 is 0 Å². The number of hydrogen-bond donors (Lipinski definition) is 0. The van der Waals surface area contributed by atoms with Gasteiger partial charge in [0.2, 0.25) is 5.91 Å². The lowest BCUT2D eigenvalue weighted by molar-refractivity contribution is -0.128. The highest BCUT2D eigenvalue weighted by Gasteiger charge is 2.12. The lowest BCUT2D eigenvalue weighted by atomic mass is 10.1. The maximum Gasteiger partial charge on any atom is 0.219 e. The Bertz CT molecular complexity index is 163. The van der Waals surface area contributed by atoms with Crippen LogP contribution in [0.4, 0.5) is 0 Å². The fourth-order valence-corrected chi connectivity index (χ4v) is 1.16. The van der Waals surface area contributed by atoms with Gasteiger partial charge in [0.05, 0.1) is 0 Å². The van der Waals surface area contributed by atoms with Gasteiger partial charge in [0.1, 0.15) is 0 Å². The summed E-state index contributed by atoms with van der Waals surface area (Å²) < 4.78 is 0. The van der Waals surface area contributed by atoms with Crippen molar-refractivity contribution in [2.24, 2.45) is 5.92 Å². The first kappa shape index (κ1) is 7.32. The Morgan fingerprint density at radius 1 is 1.70 bits per heavy atom. The van der Waals surface area contributed by atoms with Crippen molar-refractivity contribution in [1.82, 2.24) is 4.90 Å². The van der Waals surface area contributed by atoms with Crippen molar-refractivity contribution in [2.45, 2.75) is 13.8 Å². The van der Waals surface area contributed by atoms with Gasteiger partial charge in [-0.2, -0.15) is 0 Å². The molecule has 56 valence electrons. The van der Waals surface area contributed by atoms with E-state index in [2.05, 4.69) is 19.1 Å². The first-order chi connectivity index (χ1) is 4.70. The molecule has 0 spiro atoms. The summed E-state index contributed by atoms with van der Waals surface area (Å²) in [5.41, 5.74) is 0. The molecule has 0 aromatic heterocycles. The third-order valence-electron chi connectivity index (χ3n) is 1.74. The van der Waals surface area contributed by atoms with Gasteiger partial charge in [-0.1, -0.05) is 19.1 Å². The minimum atomic E-state index is 0.177. The summed E-state index contributed by atoms with van der Waals surface area (Å²) in [4.78, 5) is 12.7. The van der Waals surface area contributed by atoms with Gasteiger partial charge in [0.15, 0.2) is 0 Å². The number of carbonyl (C=O) groups is 1. The molecule has 1 amide bonds. The van der Waals surface area contributed by atoms with Gasteiger partial charge < -0.3 is 4.90 Å². The second-order valence-electron chi connectivity index (χ2n) is 2.83. The predicted molar refractivity (Wildman–Crippen MR) is 40.6 cm³/mol. The quantitative estimate of drug-likeness (QED) is 0.459. The zero-order chi connectivity index (χ0) is 7.56. The van der Waals surface area contributed by atoms with Gasteiger partial charge in [0.25, 0.3) is 0 Å². The van der Waals surface area contributed by atoms with Crippen LogP contribution in [0.5, 0.6) is 0 Å². The molecule has 10 heavy (non-hydrogen) atoms. The largest absolute Gasteiger partial charge is 0.339 e. The number of nitrogens with zero attached hydrogens (tertiary/aromatic N) is 1. The van der Waals surface area contributed by atoms with E-state index in [1.54, 1.807) is 6.92 Å². The Morgan fingerprint density at radius 2 is 2.40 bits per heavy atom. The van der Waals surface area contributed by atoms with Crippen molar-refractivity contribution in [3.05, 3.63) is 12.2 Å². The molecule has 0 aromatic rings. The molecule has 1 atom stereocenters. The van der Waals surface area contributed by atoms with Crippen molar-refractivity contribution in [1.29, 1.82) is 0 Å². The van der Waals surface area contributed by atoms with E-state index in [1.807, 2.05) is 4.90 Å². The SMILES string of the molecule is CC(=O)N1CC=CC(C)C1. The van der Waals surface area contributed by atoms with E-state index in [-0.39, 0.29) is 5.91 Å². The molecule has 1 rings (SSSR count). The average molecular weight is 139 g/mol. The lowest BCUT2D eigenvalue weighted by Crippen LogP contribution is -2.35. The lowest BCUT2D eigenvalue weighted by Gasteiger charge is -2.25. The smallest absolute Gasteiger partial charge is 0.219 e. The highest BCUT2D eigenvalue weighted by molar-refractivity contribution is 5.73. The van der Waals surface area contributed by atoms with Gasteiger partial charge in [-0.3, -0.25) is 4.79 Å². The monoisotopic (exact) mass is 139 g/mol. The molecule has 0 bridgehead atoms. The summed E-state index contributed by atoms with van der Waals surface area (Å²) in [5, 5.41) is 0. The molecule has 0 fully saturated rings. The van der Waals surface area contributed by atoms with Gasteiger partial charge >= 0.3 is 0 Å². The molecule has 0 aromatic carbocycles. The minimum Gasteiger partial charge on any atom is -0.339 e. The third kappa shape index (κ3) is 1.59. The van der Waals surface area contributed by atoms with Crippen LogP contribution in [0, 0.1) is 5.92 Å². The zero-order valence-corrected chi connectivity index (χ0v) is 6.50. The summed E-state index contributed by atoms with van der Waals surface area (Å²) in [5.74, 6) is 0.703. The van der Waals surface area contributed by atoms with E-state index in [0.29, 0.717) is 5.92 Å². The molecular formula is C8H13NO. The summed E-state index contributed by atoms with van der Waals surface area (Å²) in [6, 6.07) is 0. The van der Waals surface area contributed by atoms with Crippen molar-refractivity contribution >= 4 is 5.91 Å². The van der Waals surface area contributed by atoms with Crippen LogP contribution in [-0.2, 0) is 4.79 Å². The number of amides is 1. The molecule has 0 N–H and O–H groups in total. The van der Waals surface area contributed by atoms with Gasteiger partial charge in [0, 0.05) is 20.0 Å². The summed E-state index contributed by atoms with van der Waals surface area (Å²) in [7, 11) is 0. The summed E-state index contributed by atoms with van der Waals surface area (Å²) >= 11 is 0. The average Bonchev–Trinajstić information content (AvgIpc) is 1.88. The van der Waals surface area contributed by atoms with Crippen LogP contribution in [0.25, 0.3) is 0 Å². The first-order valence-corrected chi connectivity index (χ1v) is 3.62. The minimum absolute atomic E-state index is 0.177. The molecule has 1 aliphatic heterocycles. The zero-order valence-electron chi connectivity index (χ0n) is 6.50. The van der Waals surface area contributed by atoms with E-state index in [9.17, 15) is 4.79 Å². The molecule has 1 unspecified atom stereocenters. The second kappa shape index (κ2) is 2.86. The van der Waals surface area contributed by atoms with Gasteiger partial charge in [-0.15, -0.1) is 0 Å². The van der Waals surface area contributed by atoms with Crippen molar-refractivity contribution in [2.75, 3.05) is 13.1 Å². The molecule has 1 heterocycles. The maximum absolute atomic E-state index is 10.8. The van der Waals surface area contributed by atoms with E-state index in [0.717, 1.165) is 13.1 Å². The maximum atomic E-state index is 10.8. The number of rotatable bonds is 0. The Kier molecular flexibility index (Phi) is 2.10. The third-order valence-corrected chi connectivity index (χ3v) is 1.74. The van der Waals surface area contributed by atoms with Gasteiger partial charge in [-0.05, 0) is 5.92 Å². The topological polar surface area (TPSA) is 20.3 Å². The molecule has 1 aliphatic rings. The highest BCUT2D eigenvalue weighted by atomic mass is 16.2. The van der Waals surface area contributed by atoms with E-state index in [4.69, 9.17) is 0 Å². The Labute approximate surface area is 61.5 Å². The fraction of sp³-hybridized carbons (Fsp3) is 0.625. The molecule has 0 aliphatic carbocycles. The van der Waals surface area contributed by atoms with Gasteiger partial charge in [-0.25, -0.2) is 0 Å². The van der Waals surface area contributed by atoms with E-state index in [1.165, 1.54) is 0 Å².